The third-order valence-corrected chi connectivity index (χ3v) is 10.6. The summed E-state index contributed by atoms with van der Waals surface area (Å²) in [6, 6.07) is 20.9. The van der Waals surface area contributed by atoms with Gasteiger partial charge in [-0.25, -0.2) is 18.7 Å². The first-order chi connectivity index (χ1) is 37.8. The van der Waals surface area contributed by atoms with Crippen LogP contribution in [0.15, 0.2) is 135 Å². The Morgan fingerprint density at radius 2 is 0.846 bits per heavy atom. The van der Waals surface area contributed by atoms with Gasteiger partial charge in [0.15, 0.2) is 23.1 Å². The molecule has 10 rings (SSSR count). The number of carbonyl (C=O) groups is 5. The van der Waals surface area contributed by atoms with Gasteiger partial charge in [-0.05, 0) is 77.4 Å². The predicted molar refractivity (Wildman–Crippen MR) is 284 cm³/mol. The smallest absolute Gasteiger partial charge is 0.151 e. The standard InChI is InChI=1S/C12H20N4O2.C11H11N3O.3C10H10N4O/c1-11(17)3-2-4-16-10-12(13-14-16)9-15-5-7-18-8-6-15;1-9(15)7-14-8-11(12-13-14)10-5-3-2-4-6-10;1-8(15)6-14-7-10(12-13-14)9-2-4-11-5-3-9;2*1-8(15)6-14-7-10(12-13-14)9-3-2-4-11-5-9/h10H,2-9H2,1H3;2-6,8H,7H2,1H3;3*2-5,7H,6H2,1H3. The van der Waals surface area contributed by atoms with Crippen molar-refractivity contribution in [3.63, 3.8) is 0 Å². The number of ether oxygens (including phenoxy) is 1. The molecule has 1 aliphatic rings. The predicted octanol–water partition coefficient (Wildman–Crippen LogP) is 4.80. The van der Waals surface area contributed by atoms with Crippen LogP contribution >= 0.6 is 0 Å². The second kappa shape index (κ2) is 30.9. The molecule has 8 aromatic heterocycles. The minimum absolute atomic E-state index is 0.0534. The Balaban J connectivity index is 0.000000158. The SMILES string of the molecule is CC(=O)CCCn1cc(CN2CCOCC2)nn1.CC(=O)Cn1cc(-c2ccccc2)nn1.CC(=O)Cn1cc(-c2cccnc2)nn1.CC(=O)Cn1cc(-c2cccnc2)nn1.CC(=O)Cn1cc(-c2ccncc2)nn1. The number of hydrogen-bond donors (Lipinski definition) is 0. The van der Waals surface area contributed by atoms with E-state index in [4.69, 9.17) is 4.74 Å². The van der Waals surface area contributed by atoms with E-state index < -0.39 is 0 Å². The van der Waals surface area contributed by atoms with Gasteiger partial charge < -0.3 is 9.53 Å². The molecule has 404 valence electrons. The van der Waals surface area contributed by atoms with Crippen molar-refractivity contribution in [3.8, 4) is 45.0 Å². The average molecular weight is 1060 g/mol. The Labute approximate surface area is 449 Å². The zero-order chi connectivity index (χ0) is 55.5. The van der Waals surface area contributed by atoms with Gasteiger partial charge >= 0.3 is 0 Å². The molecular formula is C53H61N19O6. The van der Waals surface area contributed by atoms with Crippen molar-refractivity contribution in [2.24, 2.45) is 0 Å². The Kier molecular flexibility index (Phi) is 22.9. The highest BCUT2D eigenvalue weighted by Gasteiger charge is 2.13. The van der Waals surface area contributed by atoms with Crippen molar-refractivity contribution < 1.29 is 28.7 Å². The number of Topliss-reactive ketones (excluding diaryl/α,β-unsaturated/α-hetero) is 5. The van der Waals surface area contributed by atoms with E-state index in [9.17, 15) is 24.0 Å². The third-order valence-electron chi connectivity index (χ3n) is 10.6. The van der Waals surface area contributed by atoms with Crippen LogP contribution in [0.25, 0.3) is 45.0 Å². The second-order valence-corrected chi connectivity index (χ2v) is 17.8. The Bertz CT molecular complexity index is 2880. The van der Waals surface area contributed by atoms with Gasteiger partial charge in [0.25, 0.3) is 0 Å². The average Bonchev–Trinajstić information content (AvgIpc) is 4.32. The third kappa shape index (κ3) is 20.7. The first-order valence-corrected chi connectivity index (χ1v) is 24.8. The molecule has 0 aliphatic carbocycles. The van der Waals surface area contributed by atoms with Crippen LogP contribution in [0.1, 0.15) is 53.2 Å². The van der Waals surface area contributed by atoms with Gasteiger partial charge in [-0.1, -0.05) is 56.4 Å². The lowest BCUT2D eigenvalue weighted by Crippen LogP contribution is -2.35. The fraction of sp³-hybridized carbons (Fsp3) is 0.321. The van der Waals surface area contributed by atoms with Crippen LogP contribution in [-0.4, -0.2) is 150 Å². The van der Waals surface area contributed by atoms with Crippen molar-refractivity contribution >= 4 is 28.9 Å². The van der Waals surface area contributed by atoms with Crippen LogP contribution in [-0.2, 0) is 68.0 Å². The van der Waals surface area contributed by atoms with Gasteiger partial charge in [0.1, 0.15) is 54.7 Å². The van der Waals surface area contributed by atoms with Crippen molar-refractivity contribution in [3.05, 3.63) is 141 Å². The normalized spacial score (nSPS) is 11.8. The summed E-state index contributed by atoms with van der Waals surface area (Å²) >= 11 is 0. The lowest BCUT2D eigenvalue weighted by Gasteiger charge is -2.25. The summed E-state index contributed by atoms with van der Waals surface area (Å²) in [5.41, 5.74) is 7.72. The van der Waals surface area contributed by atoms with E-state index in [2.05, 4.69) is 71.4 Å². The molecule has 0 amide bonds. The monoisotopic (exact) mass is 1060 g/mol. The molecule has 1 aromatic carbocycles. The van der Waals surface area contributed by atoms with E-state index in [1.165, 1.54) is 41.7 Å². The molecule has 0 unspecified atom stereocenters. The molecule has 9 aromatic rings. The van der Waals surface area contributed by atoms with Gasteiger partial charge in [-0.2, -0.15) is 0 Å². The molecule has 0 bridgehead atoms. The fourth-order valence-electron chi connectivity index (χ4n) is 7.10. The molecule has 1 saturated heterocycles. The molecule has 0 spiro atoms. The summed E-state index contributed by atoms with van der Waals surface area (Å²) in [7, 11) is 0. The van der Waals surface area contributed by atoms with Crippen molar-refractivity contribution in [2.75, 3.05) is 26.3 Å². The maximum atomic E-state index is 10.9. The largest absolute Gasteiger partial charge is 0.379 e. The Hall–Kier alpha value is -9.36. The number of aryl methyl sites for hydroxylation is 1. The summed E-state index contributed by atoms with van der Waals surface area (Å²) in [4.78, 5) is 68.5. The minimum Gasteiger partial charge on any atom is -0.379 e. The van der Waals surface area contributed by atoms with Crippen molar-refractivity contribution in [1.82, 2.24) is 94.8 Å². The van der Waals surface area contributed by atoms with Gasteiger partial charge in [0, 0.05) is 98.2 Å². The first-order valence-electron chi connectivity index (χ1n) is 24.8. The highest BCUT2D eigenvalue weighted by molar-refractivity contribution is 5.77. The molecule has 0 saturated carbocycles. The molecule has 1 fully saturated rings. The number of pyridine rings is 3. The van der Waals surface area contributed by atoms with Crippen LogP contribution in [0.2, 0.25) is 0 Å². The summed E-state index contributed by atoms with van der Waals surface area (Å²) in [6.07, 6.45) is 20.6. The van der Waals surface area contributed by atoms with E-state index >= 15 is 0 Å². The summed E-state index contributed by atoms with van der Waals surface area (Å²) in [6.45, 7) is 13.9. The lowest BCUT2D eigenvalue weighted by atomic mass is 10.2. The molecule has 25 heteroatoms. The van der Waals surface area contributed by atoms with Crippen LogP contribution < -0.4 is 0 Å². The highest BCUT2D eigenvalue weighted by Crippen LogP contribution is 2.17. The zero-order valence-corrected chi connectivity index (χ0v) is 44.1. The maximum absolute atomic E-state index is 10.9. The number of carbonyl (C=O) groups excluding carboxylic acids is 5. The quantitative estimate of drug-likeness (QED) is 0.111. The number of morpholine rings is 1. The van der Waals surface area contributed by atoms with E-state index in [-0.39, 0.29) is 55.1 Å². The van der Waals surface area contributed by atoms with Crippen molar-refractivity contribution in [2.45, 2.75) is 86.7 Å². The fourth-order valence-corrected chi connectivity index (χ4v) is 7.10. The van der Waals surface area contributed by atoms with Gasteiger partial charge in [0.05, 0.1) is 43.7 Å². The Morgan fingerprint density at radius 1 is 0.436 bits per heavy atom. The van der Waals surface area contributed by atoms with Gasteiger partial charge in [-0.3, -0.25) is 43.7 Å². The number of aromatic nitrogens is 18. The summed E-state index contributed by atoms with van der Waals surface area (Å²) in [5, 5.41) is 39.6. The van der Waals surface area contributed by atoms with Gasteiger partial charge in [-0.15, -0.1) is 25.5 Å². The van der Waals surface area contributed by atoms with E-state index in [1.54, 1.807) is 73.6 Å². The topological polar surface area (TPSA) is 290 Å². The number of nitrogens with zero attached hydrogens (tertiary/aromatic N) is 19. The summed E-state index contributed by atoms with van der Waals surface area (Å²) in [5.74, 6) is 0.458. The van der Waals surface area contributed by atoms with Crippen molar-refractivity contribution in [1.29, 1.82) is 0 Å². The number of hydrogen-bond acceptors (Lipinski definition) is 20. The highest BCUT2D eigenvalue weighted by atomic mass is 16.5. The number of benzene rings is 1. The van der Waals surface area contributed by atoms with E-state index in [0.717, 1.165) is 96.5 Å². The van der Waals surface area contributed by atoms with E-state index in [1.807, 2.05) is 77.6 Å². The molecule has 0 N–H and O–H groups in total. The van der Waals surface area contributed by atoms with Gasteiger partial charge in [0.2, 0.25) is 0 Å². The zero-order valence-electron chi connectivity index (χ0n) is 44.1. The molecule has 0 radical (unpaired) electrons. The molecule has 9 heterocycles. The molecule has 25 nitrogen and oxygen atoms in total. The Morgan fingerprint density at radius 3 is 1.26 bits per heavy atom. The number of ketones is 5. The maximum Gasteiger partial charge on any atom is 0.151 e. The molecular weight excluding hydrogens is 999 g/mol. The van der Waals surface area contributed by atoms with Crippen LogP contribution in [0, 0.1) is 0 Å². The molecule has 0 atom stereocenters. The van der Waals surface area contributed by atoms with E-state index in [0.29, 0.717) is 6.42 Å². The van der Waals surface area contributed by atoms with Crippen LogP contribution in [0.3, 0.4) is 0 Å². The lowest BCUT2D eigenvalue weighted by molar-refractivity contribution is -0.118. The first kappa shape index (κ1) is 57.9. The molecule has 1 aliphatic heterocycles. The summed E-state index contributed by atoms with van der Waals surface area (Å²) < 4.78 is 13.2. The molecule has 78 heavy (non-hydrogen) atoms. The van der Waals surface area contributed by atoms with Crippen LogP contribution in [0.5, 0.6) is 0 Å². The number of rotatable bonds is 18. The minimum atomic E-state index is 0.0534. The second-order valence-electron chi connectivity index (χ2n) is 17.8. The van der Waals surface area contributed by atoms with Crippen LogP contribution in [0.4, 0.5) is 0 Å².